The van der Waals surface area contributed by atoms with Crippen LogP contribution in [-0.4, -0.2) is 79.1 Å². The van der Waals surface area contributed by atoms with Crippen molar-refractivity contribution in [3.8, 4) is 0 Å². The summed E-state index contributed by atoms with van der Waals surface area (Å²) in [5.74, 6) is 0.597. The lowest BCUT2D eigenvalue weighted by Gasteiger charge is -2.49. The van der Waals surface area contributed by atoms with E-state index in [2.05, 4.69) is 54.2 Å². The van der Waals surface area contributed by atoms with E-state index in [9.17, 15) is 4.79 Å². The fraction of sp³-hybridized carbons (Fsp3) is 0.714. The summed E-state index contributed by atoms with van der Waals surface area (Å²) in [5.41, 5.74) is 14.2. The number of amides is 1. The Balaban J connectivity index is 1.30. The maximum atomic E-state index is 13.5. The Morgan fingerprint density at radius 1 is 1.34 bits per heavy atom. The van der Waals surface area contributed by atoms with Gasteiger partial charge in [0.15, 0.2) is 0 Å². The average Bonchev–Trinajstić information content (AvgIpc) is 3.34. The summed E-state index contributed by atoms with van der Waals surface area (Å²) >= 11 is 3.65. The molecule has 32 heavy (non-hydrogen) atoms. The molecular weight excluding hydrogens is 476 g/mol. The molecule has 1 aromatic rings. The Kier molecular flexibility index (Phi) is 5.94. The maximum absolute atomic E-state index is 13.5. The van der Waals surface area contributed by atoms with Gasteiger partial charge in [0.2, 0.25) is 5.91 Å². The van der Waals surface area contributed by atoms with Crippen LogP contribution >= 0.6 is 15.9 Å². The highest BCUT2D eigenvalue weighted by atomic mass is 79.9. The molecule has 1 spiro atoms. The second kappa shape index (κ2) is 8.46. The van der Waals surface area contributed by atoms with Crippen molar-refractivity contribution < 1.29 is 9.53 Å². The number of aromatic nitrogens is 1. The van der Waals surface area contributed by atoms with Crippen molar-refractivity contribution in [2.75, 3.05) is 39.1 Å². The molecule has 4 fully saturated rings. The van der Waals surface area contributed by atoms with Gasteiger partial charge in [-0.1, -0.05) is 0 Å². The smallest absolute Gasteiger partial charge is 0.232 e. The number of fused-ring (bicyclic) bond motifs is 1. The molecule has 1 amide bonds. The normalized spacial score (nSPS) is 37.2. The quantitative estimate of drug-likeness (QED) is 0.388. The number of hydrogen-bond acceptors (Lipinski definition) is 9. The van der Waals surface area contributed by atoms with Crippen LogP contribution in [0.4, 0.5) is 5.82 Å². The van der Waals surface area contributed by atoms with Gasteiger partial charge in [-0.15, -0.1) is 0 Å². The fourth-order valence-electron chi connectivity index (χ4n) is 5.79. The van der Waals surface area contributed by atoms with Gasteiger partial charge in [-0.2, -0.15) is 0 Å². The van der Waals surface area contributed by atoms with Crippen LogP contribution in [0, 0.1) is 11.3 Å². The predicted octanol–water partition coefficient (Wildman–Crippen LogP) is 0.150. The number of halogens is 1. The number of nitrogens with one attached hydrogen (secondary N) is 4. The Hall–Kier alpha value is -1.34. The third-order valence-electron chi connectivity index (χ3n) is 7.92. The van der Waals surface area contributed by atoms with E-state index in [1.807, 2.05) is 25.1 Å². The first-order valence-electron chi connectivity index (χ1n) is 11.3. The van der Waals surface area contributed by atoms with Gasteiger partial charge in [-0.05, 0) is 47.3 Å². The number of nitrogens with zero attached hydrogens (tertiary/aromatic N) is 3. The van der Waals surface area contributed by atoms with Gasteiger partial charge in [0.25, 0.3) is 0 Å². The molecule has 11 heteroatoms. The highest BCUT2D eigenvalue weighted by Crippen LogP contribution is 2.42. The Bertz CT molecular complexity index is 879. The molecule has 0 aliphatic carbocycles. The number of nitrogens with two attached hydrogens (primary N) is 1. The zero-order valence-corrected chi connectivity index (χ0v) is 20.4. The van der Waals surface area contributed by atoms with Gasteiger partial charge in [-0.3, -0.25) is 15.0 Å². The number of ether oxygens (including phenoxy) is 1. The minimum atomic E-state index is -0.270. The number of carbonyl (C=O) groups is 1. The van der Waals surface area contributed by atoms with E-state index in [1.54, 1.807) is 6.20 Å². The van der Waals surface area contributed by atoms with Gasteiger partial charge in [0.1, 0.15) is 12.1 Å². The van der Waals surface area contributed by atoms with Crippen molar-refractivity contribution in [2.24, 2.45) is 17.1 Å². The molecule has 176 valence electrons. The molecule has 4 aliphatic rings. The zero-order valence-electron chi connectivity index (χ0n) is 18.8. The highest BCUT2D eigenvalue weighted by molar-refractivity contribution is 9.10. The van der Waals surface area contributed by atoms with Crippen molar-refractivity contribution in [3.05, 3.63) is 22.3 Å². The topological polar surface area (TPSA) is 120 Å². The number of piperidine rings is 1. The number of rotatable bonds is 3. The lowest BCUT2D eigenvalue weighted by Crippen LogP contribution is -2.70. The van der Waals surface area contributed by atoms with Crippen LogP contribution in [0.5, 0.6) is 0 Å². The Morgan fingerprint density at radius 2 is 2.09 bits per heavy atom. The van der Waals surface area contributed by atoms with E-state index in [1.165, 1.54) is 0 Å². The van der Waals surface area contributed by atoms with Crippen LogP contribution in [0.3, 0.4) is 0 Å². The second-order valence-electron chi connectivity index (χ2n) is 9.51. The number of likely N-dealkylation sites (tertiary alicyclic amines) is 1. The Labute approximate surface area is 197 Å². The summed E-state index contributed by atoms with van der Waals surface area (Å²) in [6.07, 6.45) is 3.52. The molecule has 1 aromatic heterocycles. The molecule has 10 nitrogen and oxygen atoms in total. The summed E-state index contributed by atoms with van der Waals surface area (Å²) < 4.78 is 6.73. The first-order chi connectivity index (χ1) is 15.4. The van der Waals surface area contributed by atoms with Crippen molar-refractivity contribution in [1.29, 1.82) is 0 Å². The van der Waals surface area contributed by atoms with Crippen LogP contribution in [0.25, 0.3) is 0 Å². The van der Waals surface area contributed by atoms with Crippen molar-refractivity contribution >= 4 is 27.7 Å². The zero-order chi connectivity index (χ0) is 22.6. The minimum absolute atomic E-state index is 0.0621. The van der Waals surface area contributed by atoms with E-state index in [-0.39, 0.29) is 47.9 Å². The lowest BCUT2D eigenvalue weighted by atomic mass is 9.73. The van der Waals surface area contributed by atoms with Crippen molar-refractivity contribution in [3.63, 3.8) is 0 Å². The van der Waals surface area contributed by atoms with E-state index < -0.39 is 0 Å². The van der Waals surface area contributed by atoms with Crippen LogP contribution < -0.4 is 27.2 Å². The standard InChI is InChI=1S/C21H33BrN8O2/c1-11-16(23)21(10-32-11)5-8-30(9-6-21)20-26-17-13(19(31)29(20)3)15(27-28-17)12-4-7-25-18(24-2)14(12)22/h4,7,11,13,15-17,20,26-28H,5-6,8-10,23H2,1-3H3,(H,24,25)/t11-,13?,15?,16+,17?,20?/m0/s1. The first kappa shape index (κ1) is 22.5. The first-order valence-corrected chi connectivity index (χ1v) is 12.1. The molecule has 6 N–H and O–H groups in total. The minimum Gasteiger partial charge on any atom is -0.376 e. The summed E-state index contributed by atoms with van der Waals surface area (Å²) in [6.45, 7) is 4.57. The Morgan fingerprint density at radius 3 is 2.75 bits per heavy atom. The molecular formula is C21H33BrN8O2. The third kappa shape index (κ3) is 3.46. The van der Waals surface area contributed by atoms with Crippen LogP contribution in [0.2, 0.25) is 0 Å². The summed E-state index contributed by atoms with van der Waals surface area (Å²) in [7, 11) is 3.72. The van der Waals surface area contributed by atoms with Gasteiger partial charge >= 0.3 is 0 Å². The van der Waals surface area contributed by atoms with Crippen molar-refractivity contribution in [2.45, 2.75) is 50.4 Å². The van der Waals surface area contributed by atoms with Gasteiger partial charge in [-0.25, -0.2) is 15.8 Å². The number of pyridine rings is 1. The summed E-state index contributed by atoms with van der Waals surface area (Å²) in [4.78, 5) is 22.1. The van der Waals surface area contributed by atoms with Crippen LogP contribution in [0.15, 0.2) is 16.7 Å². The van der Waals surface area contributed by atoms with E-state index in [4.69, 9.17) is 10.5 Å². The molecule has 0 saturated carbocycles. The van der Waals surface area contributed by atoms with Gasteiger partial charge < -0.3 is 20.7 Å². The highest BCUT2D eigenvalue weighted by Gasteiger charge is 2.52. The van der Waals surface area contributed by atoms with Crippen LogP contribution in [0.1, 0.15) is 31.4 Å². The molecule has 5 heterocycles. The second-order valence-corrected chi connectivity index (χ2v) is 10.3. The SMILES string of the molecule is CNc1nccc(C2NNC3NC(N4CCC5(CC4)CO[C@@H](C)[C@H]5N)N(C)C(=O)C32)c1Br. The van der Waals surface area contributed by atoms with E-state index >= 15 is 0 Å². The maximum Gasteiger partial charge on any atom is 0.232 e. The van der Waals surface area contributed by atoms with Gasteiger partial charge in [0.05, 0.1) is 35.3 Å². The van der Waals surface area contributed by atoms with Crippen molar-refractivity contribution in [1.82, 2.24) is 31.0 Å². The molecule has 5 rings (SSSR count). The van der Waals surface area contributed by atoms with Gasteiger partial charge in [0, 0.05) is 44.8 Å². The number of carbonyl (C=O) groups excluding carboxylic acids is 1. The van der Waals surface area contributed by atoms with E-state index in [0.29, 0.717) is 0 Å². The molecule has 0 bridgehead atoms. The molecule has 0 radical (unpaired) electrons. The van der Waals surface area contributed by atoms with E-state index in [0.717, 1.165) is 48.4 Å². The molecule has 6 atom stereocenters. The lowest BCUT2D eigenvalue weighted by molar-refractivity contribution is -0.151. The van der Waals surface area contributed by atoms with Crippen LogP contribution in [-0.2, 0) is 9.53 Å². The molecule has 4 unspecified atom stereocenters. The molecule has 4 saturated heterocycles. The summed E-state index contributed by atoms with van der Waals surface area (Å²) in [5, 5.41) is 6.75. The number of anilines is 1. The monoisotopic (exact) mass is 508 g/mol. The predicted molar refractivity (Wildman–Crippen MR) is 124 cm³/mol. The summed E-state index contributed by atoms with van der Waals surface area (Å²) in [6, 6.07) is 1.85. The largest absolute Gasteiger partial charge is 0.376 e. The fourth-order valence-corrected chi connectivity index (χ4v) is 6.47. The number of hydrogen-bond donors (Lipinski definition) is 5. The molecule has 4 aliphatic heterocycles. The molecule has 0 aromatic carbocycles. The number of hydrazine groups is 1. The third-order valence-corrected chi connectivity index (χ3v) is 8.75. The average molecular weight is 509 g/mol.